The van der Waals surface area contributed by atoms with Crippen molar-refractivity contribution in [2.75, 3.05) is 25.1 Å². The molecule has 192 valence electrons. The molecule has 7 nitrogen and oxygen atoms in total. The van der Waals surface area contributed by atoms with E-state index in [9.17, 15) is 13.2 Å². The number of rotatable bonds is 11. The average Bonchev–Trinajstić information content (AvgIpc) is 2.87. The molecule has 0 saturated carbocycles. The number of amides is 1. The standard InChI is InChI=1S/C27H31ClN2O5S/c1-19(2)16-24(20-8-6-5-7-9-20)29-27(31)18-30(22-12-10-21(28)11-13-22)36(32,33)23-14-15-25(34-3)26(17-23)35-4/h5-15,17,19,24H,16,18H2,1-4H3,(H,29,31). The maximum Gasteiger partial charge on any atom is 0.264 e. The van der Waals surface area contributed by atoms with Gasteiger partial charge in [-0.3, -0.25) is 9.10 Å². The lowest BCUT2D eigenvalue weighted by Crippen LogP contribution is -2.42. The first-order valence-electron chi connectivity index (χ1n) is 11.5. The molecule has 0 aliphatic rings. The first kappa shape index (κ1) is 27.4. The third kappa shape index (κ3) is 6.71. The fourth-order valence-electron chi connectivity index (χ4n) is 3.83. The number of hydrogen-bond donors (Lipinski definition) is 1. The number of carbonyl (C=O) groups is 1. The van der Waals surface area contributed by atoms with Crippen molar-refractivity contribution in [2.24, 2.45) is 5.92 Å². The molecule has 0 aromatic heterocycles. The molecule has 1 unspecified atom stereocenters. The summed E-state index contributed by atoms with van der Waals surface area (Å²) in [4.78, 5) is 13.2. The molecule has 0 bridgehead atoms. The second-order valence-corrected chi connectivity index (χ2v) is 11.0. The Bertz CT molecular complexity index is 1270. The second-order valence-electron chi connectivity index (χ2n) is 8.67. The molecule has 9 heteroatoms. The van der Waals surface area contributed by atoms with Gasteiger partial charge in [-0.05, 0) is 54.3 Å². The van der Waals surface area contributed by atoms with Gasteiger partial charge in [0.1, 0.15) is 6.54 Å². The predicted octanol–water partition coefficient (Wildman–Crippen LogP) is 5.46. The molecule has 3 aromatic carbocycles. The van der Waals surface area contributed by atoms with E-state index in [4.69, 9.17) is 21.1 Å². The summed E-state index contributed by atoms with van der Waals surface area (Å²) in [5.41, 5.74) is 1.27. The summed E-state index contributed by atoms with van der Waals surface area (Å²) in [6, 6.07) is 20.0. The molecule has 1 N–H and O–H groups in total. The largest absolute Gasteiger partial charge is 0.493 e. The monoisotopic (exact) mass is 530 g/mol. The molecule has 0 fully saturated rings. The van der Waals surface area contributed by atoms with E-state index in [0.29, 0.717) is 28.8 Å². The van der Waals surface area contributed by atoms with Crippen molar-refractivity contribution in [2.45, 2.75) is 31.2 Å². The number of hydrogen-bond acceptors (Lipinski definition) is 5. The molecule has 0 saturated heterocycles. The second kappa shape index (κ2) is 12.1. The maximum absolute atomic E-state index is 13.8. The van der Waals surface area contributed by atoms with Crippen LogP contribution in [0.25, 0.3) is 0 Å². The van der Waals surface area contributed by atoms with Crippen LogP contribution in [0.2, 0.25) is 5.02 Å². The van der Waals surface area contributed by atoms with Crippen LogP contribution in [0.1, 0.15) is 31.9 Å². The van der Waals surface area contributed by atoms with E-state index < -0.39 is 22.5 Å². The van der Waals surface area contributed by atoms with Crippen molar-refractivity contribution < 1.29 is 22.7 Å². The van der Waals surface area contributed by atoms with Crippen LogP contribution in [-0.4, -0.2) is 35.1 Å². The number of carbonyl (C=O) groups excluding carboxylic acids is 1. The Labute approximate surface area is 218 Å². The van der Waals surface area contributed by atoms with Crippen LogP contribution in [0.15, 0.2) is 77.7 Å². The van der Waals surface area contributed by atoms with Gasteiger partial charge in [0.25, 0.3) is 10.0 Å². The maximum atomic E-state index is 13.8. The van der Waals surface area contributed by atoms with Crippen molar-refractivity contribution >= 4 is 33.2 Å². The Morgan fingerprint density at radius 2 is 1.58 bits per heavy atom. The highest BCUT2D eigenvalue weighted by molar-refractivity contribution is 7.92. The minimum absolute atomic E-state index is 0.0373. The number of methoxy groups -OCH3 is 2. The van der Waals surface area contributed by atoms with Crippen molar-refractivity contribution in [1.29, 1.82) is 0 Å². The van der Waals surface area contributed by atoms with Crippen LogP contribution in [0.5, 0.6) is 11.5 Å². The molecule has 0 spiro atoms. The lowest BCUT2D eigenvalue weighted by Gasteiger charge is -2.27. The Kier molecular flexibility index (Phi) is 9.23. The predicted molar refractivity (Wildman–Crippen MR) is 142 cm³/mol. The fraction of sp³-hybridized carbons (Fsp3) is 0.296. The fourth-order valence-corrected chi connectivity index (χ4v) is 5.40. The summed E-state index contributed by atoms with van der Waals surface area (Å²) in [5, 5.41) is 3.48. The smallest absolute Gasteiger partial charge is 0.264 e. The van der Waals surface area contributed by atoms with E-state index >= 15 is 0 Å². The van der Waals surface area contributed by atoms with Crippen LogP contribution < -0.4 is 19.1 Å². The number of sulfonamides is 1. The summed E-state index contributed by atoms with van der Waals surface area (Å²) in [5.74, 6) is 0.550. The number of anilines is 1. The SMILES string of the molecule is COc1ccc(S(=O)(=O)N(CC(=O)NC(CC(C)C)c2ccccc2)c2ccc(Cl)cc2)cc1OC. The molecule has 0 aliphatic carbocycles. The Balaban J connectivity index is 1.96. The number of nitrogens with zero attached hydrogens (tertiary/aromatic N) is 1. The van der Waals surface area contributed by atoms with Crippen molar-refractivity contribution in [3.05, 3.63) is 83.4 Å². The molecular weight excluding hydrogens is 500 g/mol. The third-order valence-electron chi connectivity index (χ3n) is 5.59. The van der Waals surface area contributed by atoms with Gasteiger partial charge in [-0.15, -0.1) is 0 Å². The Morgan fingerprint density at radius 1 is 0.944 bits per heavy atom. The van der Waals surface area contributed by atoms with Gasteiger partial charge in [0.15, 0.2) is 11.5 Å². The highest BCUT2D eigenvalue weighted by Gasteiger charge is 2.29. The van der Waals surface area contributed by atoms with Crippen LogP contribution in [0.4, 0.5) is 5.69 Å². The number of halogens is 1. The van der Waals surface area contributed by atoms with Crippen molar-refractivity contribution in [3.8, 4) is 11.5 Å². The van der Waals surface area contributed by atoms with Crippen LogP contribution in [-0.2, 0) is 14.8 Å². The summed E-state index contributed by atoms with van der Waals surface area (Å²) >= 11 is 6.03. The quantitative estimate of drug-likeness (QED) is 0.356. The van der Waals surface area contributed by atoms with E-state index in [2.05, 4.69) is 19.2 Å². The van der Waals surface area contributed by atoms with Gasteiger partial charge >= 0.3 is 0 Å². The van der Waals surface area contributed by atoms with Gasteiger partial charge in [-0.2, -0.15) is 0 Å². The zero-order valence-corrected chi connectivity index (χ0v) is 22.3. The molecule has 0 radical (unpaired) electrons. The van der Waals surface area contributed by atoms with Gasteiger partial charge in [0.2, 0.25) is 5.91 Å². The summed E-state index contributed by atoms with van der Waals surface area (Å²) in [6.07, 6.45) is 0.707. The molecule has 3 rings (SSSR count). The zero-order chi connectivity index (χ0) is 26.3. The van der Waals surface area contributed by atoms with E-state index in [1.807, 2.05) is 30.3 Å². The number of ether oxygens (including phenoxy) is 2. The van der Waals surface area contributed by atoms with E-state index in [1.165, 1.54) is 32.4 Å². The van der Waals surface area contributed by atoms with Gasteiger partial charge in [0.05, 0.1) is 30.8 Å². The Morgan fingerprint density at radius 3 is 2.17 bits per heavy atom. The van der Waals surface area contributed by atoms with E-state index in [0.717, 1.165) is 9.87 Å². The van der Waals surface area contributed by atoms with E-state index in [1.54, 1.807) is 24.3 Å². The molecule has 0 aliphatic heterocycles. The molecule has 36 heavy (non-hydrogen) atoms. The van der Waals surface area contributed by atoms with Crippen molar-refractivity contribution in [3.63, 3.8) is 0 Å². The summed E-state index contributed by atoms with van der Waals surface area (Å²) < 4.78 is 39.1. The first-order valence-corrected chi connectivity index (χ1v) is 13.3. The third-order valence-corrected chi connectivity index (χ3v) is 7.61. The number of benzene rings is 3. The number of nitrogens with one attached hydrogen (secondary N) is 1. The van der Waals surface area contributed by atoms with Crippen LogP contribution in [0, 0.1) is 5.92 Å². The minimum Gasteiger partial charge on any atom is -0.493 e. The van der Waals surface area contributed by atoms with Gasteiger partial charge in [0, 0.05) is 11.1 Å². The molecular formula is C27H31ClN2O5S. The lowest BCUT2D eigenvalue weighted by atomic mass is 9.97. The molecule has 3 aromatic rings. The van der Waals surface area contributed by atoms with Gasteiger partial charge in [-0.25, -0.2) is 8.42 Å². The van der Waals surface area contributed by atoms with Crippen LogP contribution in [0.3, 0.4) is 0 Å². The Hall–Kier alpha value is -3.23. The van der Waals surface area contributed by atoms with Crippen molar-refractivity contribution in [1.82, 2.24) is 5.32 Å². The highest BCUT2D eigenvalue weighted by atomic mass is 35.5. The first-order chi connectivity index (χ1) is 17.1. The molecule has 1 atom stereocenters. The molecule has 0 heterocycles. The minimum atomic E-state index is -4.15. The summed E-state index contributed by atoms with van der Waals surface area (Å²) in [6.45, 7) is 3.73. The van der Waals surface area contributed by atoms with E-state index in [-0.39, 0.29) is 16.7 Å². The lowest BCUT2D eigenvalue weighted by molar-refractivity contribution is -0.120. The summed E-state index contributed by atoms with van der Waals surface area (Å²) in [7, 11) is -1.25. The van der Waals surface area contributed by atoms with Gasteiger partial charge in [-0.1, -0.05) is 55.8 Å². The topological polar surface area (TPSA) is 84.9 Å². The van der Waals surface area contributed by atoms with Gasteiger partial charge < -0.3 is 14.8 Å². The highest BCUT2D eigenvalue weighted by Crippen LogP contribution is 2.32. The zero-order valence-electron chi connectivity index (χ0n) is 20.8. The normalized spacial score (nSPS) is 12.2. The molecule has 1 amide bonds. The van der Waals surface area contributed by atoms with Crippen LogP contribution >= 0.6 is 11.6 Å². The average molecular weight is 531 g/mol.